The summed E-state index contributed by atoms with van der Waals surface area (Å²) in [5.74, 6) is 0.774. The minimum absolute atomic E-state index is 0.0253. The average Bonchev–Trinajstić information content (AvgIpc) is 2.57. The number of fused-ring (bicyclic) bond motifs is 2. The van der Waals surface area contributed by atoms with Crippen LogP contribution in [0.25, 0.3) is 21.9 Å². The van der Waals surface area contributed by atoms with Crippen LogP contribution in [-0.2, 0) is 0 Å². The van der Waals surface area contributed by atoms with Crippen LogP contribution >= 0.6 is 0 Å². The maximum atomic E-state index is 12.7. The lowest BCUT2D eigenvalue weighted by Crippen LogP contribution is -2.10. The van der Waals surface area contributed by atoms with E-state index in [0.717, 1.165) is 33.0 Å². The monoisotopic (exact) mass is 290 g/mol. The van der Waals surface area contributed by atoms with Gasteiger partial charge in [-0.2, -0.15) is 0 Å². The van der Waals surface area contributed by atoms with Crippen LogP contribution in [0.5, 0.6) is 5.75 Å². The number of aliphatic hydroxyl groups is 1. The highest BCUT2D eigenvalue weighted by atomic mass is 16.5. The summed E-state index contributed by atoms with van der Waals surface area (Å²) in [6.07, 6.45) is 0. The van der Waals surface area contributed by atoms with E-state index in [4.69, 9.17) is 9.84 Å². The molecule has 0 amide bonds. The normalized spacial score (nSPS) is 12.3. The van der Waals surface area contributed by atoms with Gasteiger partial charge in [0.15, 0.2) is 5.78 Å². The fraction of sp³-hybridized carbons (Fsp3) is 0.105. The molecule has 0 radical (unpaired) electrons. The van der Waals surface area contributed by atoms with Crippen LogP contribution in [0.2, 0.25) is 0 Å². The van der Waals surface area contributed by atoms with Gasteiger partial charge >= 0.3 is 0 Å². The Labute approximate surface area is 127 Å². The molecule has 0 aromatic heterocycles. The van der Waals surface area contributed by atoms with Gasteiger partial charge in [-0.05, 0) is 28.6 Å². The van der Waals surface area contributed by atoms with Crippen molar-refractivity contribution >= 4 is 16.6 Å². The first-order chi connectivity index (χ1) is 10.8. The zero-order valence-corrected chi connectivity index (χ0v) is 11.9. The van der Waals surface area contributed by atoms with E-state index in [1.165, 1.54) is 0 Å². The molecule has 1 N–H and O–H groups in total. The Hall–Kier alpha value is -2.65. The van der Waals surface area contributed by atoms with Gasteiger partial charge in [-0.1, -0.05) is 42.5 Å². The van der Waals surface area contributed by atoms with Crippen LogP contribution in [-0.4, -0.2) is 24.1 Å². The first kappa shape index (κ1) is 13.0. The maximum Gasteiger partial charge on any atom is 0.194 e. The third-order valence-electron chi connectivity index (χ3n) is 4.02. The molecule has 0 saturated heterocycles. The molecule has 108 valence electrons. The van der Waals surface area contributed by atoms with Crippen molar-refractivity contribution in [1.29, 1.82) is 0 Å². The Kier molecular flexibility index (Phi) is 2.94. The molecule has 3 nitrogen and oxygen atoms in total. The molecule has 0 heterocycles. The van der Waals surface area contributed by atoms with Crippen LogP contribution in [0.4, 0.5) is 0 Å². The number of aliphatic hydroxyl groups excluding tert-OH is 1. The maximum absolute atomic E-state index is 12.7. The van der Waals surface area contributed by atoms with Crippen LogP contribution in [0.3, 0.4) is 0 Å². The average molecular weight is 290 g/mol. The summed E-state index contributed by atoms with van der Waals surface area (Å²) in [6.45, 7) is 0.230. The quantitative estimate of drug-likeness (QED) is 0.629. The highest BCUT2D eigenvalue weighted by Gasteiger charge is 2.25. The first-order valence-corrected chi connectivity index (χ1v) is 7.24. The van der Waals surface area contributed by atoms with E-state index in [1.54, 1.807) is 0 Å². The van der Waals surface area contributed by atoms with E-state index in [-0.39, 0.29) is 19.0 Å². The van der Waals surface area contributed by atoms with Crippen LogP contribution < -0.4 is 4.74 Å². The molecule has 0 aliphatic heterocycles. The Morgan fingerprint density at radius 1 is 0.864 bits per heavy atom. The largest absolute Gasteiger partial charge is 0.491 e. The summed E-state index contributed by atoms with van der Waals surface area (Å²) < 4.78 is 5.58. The number of hydrogen-bond acceptors (Lipinski definition) is 3. The lowest BCUT2D eigenvalue weighted by Gasteiger charge is -2.20. The highest BCUT2D eigenvalue weighted by Crippen LogP contribution is 2.41. The molecule has 0 saturated carbocycles. The molecule has 22 heavy (non-hydrogen) atoms. The number of carbonyl (C=O) groups is 1. The van der Waals surface area contributed by atoms with E-state index in [1.807, 2.05) is 54.6 Å². The summed E-state index contributed by atoms with van der Waals surface area (Å²) >= 11 is 0. The van der Waals surface area contributed by atoms with Gasteiger partial charge in [0, 0.05) is 16.5 Å². The zero-order valence-electron chi connectivity index (χ0n) is 11.9. The van der Waals surface area contributed by atoms with Crippen LogP contribution in [0.15, 0.2) is 54.6 Å². The molecule has 0 unspecified atom stereocenters. The van der Waals surface area contributed by atoms with E-state index >= 15 is 0 Å². The van der Waals surface area contributed by atoms with Gasteiger partial charge in [0.05, 0.1) is 6.61 Å². The second-order valence-corrected chi connectivity index (χ2v) is 5.32. The predicted octanol–water partition coefficient (Wildman–Crippen LogP) is 3.42. The Morgan fingerprint density at radius 3 is 2.45 bits per heavy atom. The van der Waals surface area contributed by atoms with Gasteiger partial charge in [0.2, 0.25) is 0 Å². The fourth-order valence-electron chi connectivity index (χ4n) is 3.11. The predicted molar refractivity (Wildman–Crippen MR) is 85.4 cm³/mol. The third kappa shape index (κ3) is 1.83. The Morgan fingerprint density at radius 2 is 1.64 bits per heavy atom. The highest BCUT2D eigenvalue weighted by molar-refractivity contribution is 6.26. The van der Waals surface area contributed by atoms with Crippen LogP contribution in [0.1, 0.15) is 15.9 Å². The van der Waals surface area contributed by atoms with Crippen molar-refractivity contribution in [3.63, 3.8) is 0 Å². The van der Waals surface area contributed by atoms with Gasteiger partial charge in [0.25, 0.3) is 0 Å². The molecule has 0 atom stereocenters. The van der Waals surface area contributed by atoms with Crippen molar-refractivity contribution in [2.75, 3.05) is 13.2 Å². The number of hydrogen-bond donors (Lipinski definition) is 1. The Bertz CT molecular complexity index is 896. The molecule has 1 aliphatic carbocycles. The standard InChI is InChI=1S/C19H14O3/c20-8-9-22-13-10-12-4-3-7-16-18(12)17(11-13)14-5-1-2-6-15(14)19(16)21/h1-7,10-11,20H,8-9H2. The molecule has 3 aromatic rings. The lowest BCUT2D eigenvalue weighted by atomic mass is 9.83. The van der Waals surface area contributed by atoms with Crippen molar-refractivity contribution in [3.8, 4) is 16.9 Å². The van der Waals surface area contributed by atoms with Crippen molar-refractivity contribution in [2.24, 2.45) is 0 Å². The van der Waals surface area contributed by atoms with Crippen LogP contribution in [0, 0.1) is 0 Å². The number of benzene rings is 3. The first-order valence-electron chi connectivity index (χ1n) is 7.24. The second kappa shape index (κ2) is 4.97. The molecule has 0 bridgehead atoms. The summed E-state index contributed by atoms with van der Waals surface area (Å²) in [4.78, 5) is 12.7. The number of ether oxygens (including phenoxy) is 1. The van der Waals surface area contributed by atoms with E-state index in [9.17, 15) is 4.79 Å². The van der Waals surface area contributed by atoms with Gasteiger partial charge in [-0.15, -0.1) is 0 Å². The van der Waals surface area contributed by atoms with Crippen molar-refractivity contribution in [3.05, 3.63) is 65.7 Å². The third-order valence-corrected chi connectivity index (χ3v) is 4.02. The van der Waals surface area contributed by atoms with E-state index in [2.05, 4.69) is 0 Å². The summed E-state index contributed by atoms with van der Waals surface area (Å²) in [7, 11) is 0. The number of rotatable bonds is 3. The zero-order chi connectivity index (χ0) is 15.1. The molecule has 0 fully saturated rings. The minimum Gasteiger partial charge on any atom is -0.491 e. The molecule has 0 spiro atoms. The molecular formula is C19H14O3. The SMILES string of the molecule is O=C1c2ccccc2-c2cc(OCCO)cc3cccc1c23. The molecule has 4 rings (SSSR count). The number of carbonyl (C=O) groups excluding carboxylic acids is 1. The summed E-state index contributed by atoms with van der Waals surface area (Å²) in [5, 5.41) is 10.9. The summed E-state index contributed by atoms with van der Waals surface area (Å²) in [5.41, 5.74) is 3.41. The fourth-order valence-corrected chi connectivity index (χ4v) is 3.11. The van der Waals surface area contributed by atoms with Gasteiger partial charge in [0.1, 0.15) is 12.4 Å². The van der Waals surface area contributed by atoms with E-state index in [0.29, 0.717) is 5.75 Å². The van der Waals surface area contributed by atoms with Crippen molar-refractivity contribution in [2.45, 2.75) is 0 Å². The molecule has 1 aliphatic rings. The van der Waals surface area contributed by atoms with Crippen molar-refractivity contribution < 1.29 is 14.6 Å². The minimum atomic E-state index is -0.0253. The molecular weight excluding hydrogens is 276 g/mol. The van der Waals surface area contributed by atoms with E-state index < -0.39 is 0 Å². The lowest BCUT2D eigenvalue weighted by molar-refractivity contribution is 0.104. The van der Waals surface area contributed by atoms with Crippen molar-refractivity contribution in [1.82, 2.24) is 0 Å². The molecule has 3 aromatic carbocycles. The van der Waals surface area contributed by atoms with Gasteiger partial charge in [-0.3, -0.25) is 4.79 Å². The summed E-state index contributed by atoms with van der Waals surface area (Å²) in [6, 6.07) is 17.3. The second-order valence-electron chi connectivity index (χ2n) is 5.32. The molecule has 3 heteroatoms. The Balaban J connectivity index is 2.06. The van der Waals surface area contributed by atoms with Gasteiger partial charge in [-0.25, -0.2) is 0 Å². The van der Waals surface area contributed by atoms with Gasteiger partial charge < -0.3 is 9.84 Å². The topological polar surface area (TPSA) is 46.5 Å². The smallest absolute Gasteiger partial charge is 0.194 e. The number of ketones is 1.